The molecule has 0 spiro atoms. The maximum Gasteiger partial charge on any atom is 0.347 e. The van der Waals surface area contributed by atoms with E-state index in [1.807, 2.05) is 66.7 Å². The number of para-hydroxylation sites is 1. The lowest BCUT2D eigenvalue weighted by molar-refractivity contribution is -0.158. The number of carbonyl (C=O) groups is 3. The van der Waals surface area contributed by atoms with E-state index < -0.39 is 24.2 Å². The Kier molecular flexibility index (Phi) is 5.29. The number of benzene rings is 4. The largest absolute Gasteiger partial charge is 0.479 e. The molecule has 2 aliphatic rings. The van der Waals surface area contributed by atoms with Gasteiger partial charge in [0.1, 0.15) is 17.9 Å². The van der Waals surface area contributed by atoms with Crippen molar-refractivity contribution in [3.8, 4) is 5.75 Å². The van der Waals surface area contributed by atoms with Crippen molar-refractivity contribution < 1.29 is 23.9 Å². The summed E-state index contributed by atoms with van der Waals surface area (Å²) in [7, 11) is 0. The van der Waals surface area contributed by atoms with E-state index in [4.69, 9.17) is 9.47 Å². The molecule has 3 atom stereocenters. The summed E-state index contributed by atoms with van der Waals surface area (Å²) in [6.07, 6.45) is -1.19. The molecule has 0 saturated heterocycles. The first-order valence-corrected chi connectivity index (χ1v) is 11.9. The first kappa shape index (κ1) is 22.0. The van der Waals surface area contributed by atoms with Crippen molar-refractivity contribution >= 4 is 28.6 Å². The number of carbonyl (C=O) groups excluding carboxylic acids is 3. The van der Waals surface area contributed by atoms with E-state index in [0.717, 1.165) is 16.5 Å². The second kappa shape index (κ2) is 8.64. The third-order valence-electron chi connectivity index (χ3n) is 6.88. The Morgan fingerprint density at radius 3 is 2.17 bits per heavy atom. The van der Waals surface area contributed by atoms with Crippen molar-refractivity contribution in [1.82, 2.24) is 4.90 Å². The summed E-state index contributed by atoms with van der Waals surface area (Å²) >= 11 is 0. The smallest absolute Gasteiger partial charge is 0.347 e. The summed E-state index contributed by atoms with van der Waals surface area (Å²) in [6, 6.07) is 26.8. The lowest BCUT2D eigenvalue weighted by Crippen LogP contribution is -2.47. The fourth-order valence-electron chi connectivity index (χ4n) is 5.25. The number of imide groups is 1. The van der Waals surface area contributed by atoms with Crippen molar-refractivity contribution in [2.24, 2.45) is 0 Å². The Morgan fingerprint density at radius 1 is 0.833 bits per heavy atom. The molecule has 4 aromatic rings. The Bertz CT molecular complexity index is 1460. The number of hydrogen-bond donors (Lipinski definition) is 0. The van der Waals surface area contributed by atoms with Gasteiger partial charge in [0.2, 0.25) is 0 Å². The number of rotatable bonds is 5. The molecule has 6 heteroatoms. The van der Waals surface area contributed by atoms with Crippen LogP contribution in [0.4, 0.5) is 0 Å². The van der Waals surface area contributed by atoms with E-state index >= 15 is 0 Å². The summed E-state index contributed by atoms with van der Waals surface area (Å²) in [4.78, 5) is 41.8. The van der Waals surface area contributed by atoms with E-state index in [0.29, 0.717) is 28.7 Å². The van der Waals surface area contributed by atoms with Crippen LogP contribution >= 0.6 is 0 Å². The summed E-state index contributed by atoms with van der Waals surface area (Å²) in [5.41, 5.74) is 2.69. The molecule has 0 fully saturated rings. The maximum atomic E-state index is 13.8. The average Bonchev–Trinajstić information content (AvgIpc) is 3.25. The molecule has 0 N–H and O–H groups in total. The summed E-state index contributed by atoms with van der Waals surface area (Å²) in [6.45, 7) is 1.63. The summed E-state index contributed by atoms with van der Waals surface area (Å²) in [5, 5.41) is 1.50. The molecule has 36 heavy (non-hydrogen) atoms. The summed E-state index contributed by atoms with van der Waals surface area (Å²) < 4.78 is 11.7. The highest BCUT2D eigenvalue weighted by Crippen LogP contribution is 2.42. The molecular formula is C30H23NO5. The molecular weight excluding hydrogens is 454 g/mol. The van der Waals surface area contributed by atoms with Gasteiger partial charge in [-0.3, -0.25) is 14.5 Å². The third-order valence-corrected chi connectivity index (χ3v) is 6.88. The lowest BCUT2D eigenvalue weighted by Gasteiger charge is -2.35. The number of fused-ring (bicyclic) bond motifs is 1. The first-order chi connectivity index (χ1) is 17.5. The van der Waals surface area contributed by atoms with Gasteiger partial charge in [-0.25, -0.2) is 4.79 Å². The normalized spacial score (nSPS) is 19.2. The van der Waals surface area contributed by atoms with Crippen LogP contribution in [0.2, 0.25) is 0 Å². The van der Waals surface area contributed by atoms with E-state index in [1.165, 1.54) is 4.90 Å². The zero-order valence-electron chi connectivity index (χ0n) is 19.6. The van der Waals surface area contributed by atoms with E-state index in [2.05, 4.69) is 0 Å². The van der Waals surface area contributed by atoms with Gasteiger partial charge >= 0.3 is 5.97 Å². The zero-order valence-corrected chi connectivity index (χ0v) is 19.6. The molecule has 2 amide bonds. The monoisotopic (exact) mass is 477 g/mol. The Balaban J connectivity index is 1.35. The molecule has 1 aliphatic heterocycles. The average molecular weight is 478 g/mol. The molecule has 6 nitrogen and oxygen atoms in total. The molecule has 0 bridgehead atoms. The highest BCUT2D eigenvalue weighted by Gasteiger charge is 2.47. The van der Waals surface area contributed by atoms with Crippen molar-refractivity contribution in [3.05, 3.63) is 113 Å². The van der Waals surface area contributed by atoms with Crippen molar-refractivity contribution in [3.63, 3.8) is 0 Å². The van der Waals surface area contributed by atoms with Crippen molar-refractivity contribution in [1.29, 1.82) is 0 Å². The van der Waals surface area contributed by atoms with Gasteiger partial charge in [-0.2, -0.15) is 0 Å². The second-order valence-corrected chi connectivity index (χ2v) is 9.09. The highest BCUT2D eigenvalue weighted by molar-refractivity contribution is 6.25. The van der Waals surface area contributed by atoms with Crippen molar-refractivity contribution in [2.45, 2.75) is 31.6 Å². The van der Waals surface area contributed by atoms with Gasteiger partial charge in [0.15, 0.2) is 6.10 Å². The molecule has 4 aromatic carbocycles. The molecule has 1 aliphatic carbocycles. The van der Waals surface area contributed by atoms with Gasteiger partial charge < -0.3 is 9.47 Å². The van der Waals surface area contributed by atoms with Gasteiger partial charge in [0, 0.05) is 22.9 Å². The fourth-order valence-corrected chi connectivity index (χ4v) is 5.25. The quantitative estimate of drug-likeness (QED) is 0.295. The van der Waals surface area contributed by atoms with Crippen molar-refractivity contribution in [2.75, 3.05) is 0 Å². The van der Waals surface area contributed by atoms with Crippen LogP contribution in [0.15, 0.2) is 91.0 Å². The third kappa shape index (κ3) is 3.53. The van der Waals surface area contributed by atoms with Crippen LogP contribution in [0.1, 0.15) is 44.8 Å². The number of esters is 1. The molecule has 0 saturated carbocycles. The first-order valence-electron chi connectivity index (χ1n) is 11.9. The number of ether oxygens (including phenoxy) is 2. The predicted molar refractivity (Wildman–Crippen MR) is 134 cm³/mol. The Labute approximate surface area is 208 Å². The Morgan fingerprint density at radius 2 is 1.47 bits per heavy atom. The Hall–Kier alpha value is -4.45. The van der Waals surface area contributed by atoms with Crippen LogP contribution in [0.5, 0.6) is 5.75 Å². The molecule has 178 valence electrons. The number of amides is 2. The molecule has 0 radical (unpaired) electrons. The van der Waals surface area contributed by atoms with Gasteiger partial charge in [-0.1, -0.05) is 66.7 Å². The minimum absolute atomic E-state index is 0.388. The SMILES string of the molecule is C[C@@H](Oc1ccccc1)C(=O)O[C@@H]1Cc2ccccc2[C@@H]1N1C(=O)c2cccc3cccc(c23)C1=O. The van der Waals surface area contributed by atoms with Crippen LogP contribution in [-0.2, 0) is 16.0 Å². The standard InChI is InChI=1S/C30H23NO5/c1-18(35-21-12-3-2-4-13-21)30(34)36-25-17-20-9-5-6-14-22(20)27(25)31-28(32)23-15-7-10-19-11-8-16-24(26(19)23)29(31)33/h2-16,18,25,27H,17H2,1H3/t18-,25-,27+/m1/s1. The van der Waals surface area contributed by atoms with Gasteiger partial charge in [-0.05, 0) is 47.7 Å². The van der Waals surface area contributed by atoms with E-state index in [9.17, 15) is 14.4 Å². The summed E-state index contributed by atoms with van der Waals surface area (Å²) in [5.74, 6) is -0.776. The topological polar surface area (TPSA) is 72.9 Å². The van der Waals surface area contributed by atoms with Gasteiger partial charge in [0.25, 0.3) is 11.8 Å². The fraction of sp³-hybridized carbons (Fsp3) is 0.167. The van der Waals surface area contributed by atoms with Gasteiger partial charge in [0.05, 0.1) is 0 Å². The molecule has 0 aromatic heterocycles. The number of nitrogens with zero attached hydrogens (tertiary/aromatic N) is 1. The molecule has 0 unspecified atom stereocenters. The van der Waals surface area contributed by atoms with E-state index in [-0.39, 0.29) is 11.8 Å². The highest BCUT2D eigenvalue weighted by atomic mass is 16.6. The second-order valence-electron chi connectivity index (χ2n) is 9.09. The van der Waals surface area contributed by atoms with Crippen LogP contribution in [0, 0.1) is 0 Å². The molecule has 6 rings (SSSR count). The van der Waals surface area contributed by atoms with Crippen LogP contribution in [0.3, 0.4) is 0 Å². The zero-order chi connectivity index (χ0) is 24.8. The van der Waals surface area contributed by atoms with Crippen LogP contribution in [0.25, 0.3) is 10.8 Å². The lowest BCUT2D eigenvalue weighted by atomic mass is 9.92. The maximum absolute atomic E-state index is 13.8. The molecule has 1 heterocycles. The minimum Gasteiger partial charge on any atom is -0.479 e. The van der Waals surface area contributed by atoms with Crippen LogP contribution in [-0.4, -0.2) is 34.9 Å². The number of hydrogen-bond acceptors (Lipinski definition) is 5. The predicted octanol–water partition coefficient (Wildman–Crippen LogP) is 5.11. The minimum atomic E-state index is -0.862. The van der Waals surface area contributed by atoms with E-state index in [1.54, 1.807) is 31.2 Å². The van der Waals surface area contributed by atoms with Gasteiger partial charge in [-0.15, -0.1) is 0 Å². The van der Waals surface area contributed by atoms with Crippen LogP contribution < -0.4 is 4.74 Å².